The summed E-state index contributed by atoms with van der Waals surface area (Å²) in [4.78, 5) is 0. The summed E-state index contributed by atoms with van der Waals surface area (Å²) in [5.74, 6) is 0. The van der Waals surface area contributed by atoms with Gasteiger partial charge in [0.15, 0.2) is 0 Å². The maximum atomic E-state index is 5.69. The van der Waals surface area contributed by atoms with Crippen LogP contribution >= 0.6 is 0 Å². The molecule has 54 valence electrons. The van der Waals surface area contributed by atoms with E-state index in [9.17, 15) is 0 Å². The maximum absolute atomic E-state index is 5.69. The Balaban J connectivity index is 2.24. The van der Waals surface area contributed by atoms with Crippen molar-refractivity contribution >= 4 is 0 Å². The van der Waals surface area contributed by atoms with Gasteiger partial charge in [-0.25, -0.2) is 0 Å². The van der Waals surface area contributed by atoms with Crippen LogP contribution in [-0.4, -0.2) is 25.2 Å². The van der Waals surface area contributed by atoms with Gasteiger partial charge in [0.25, 0.3) is 0 Å². The van der Waals surface area contributed by atoms with E-state index in [1.807, 2.05) is 0 Å². The maximum Gasteiger partial charge on any atom is 0.0319 e. The van der Waals surface area contributed by atoms with E-state index >= 15 is 0 Å². The normalized spacial score (nSPS) is 30.7. The van der Waals surface area contributed by atoms with E-state index in [0.717, 1.165) is 6.54 Å². The largest absolute Gasteiger partial charge is 0.329 e. The zero-order chi connectivity index (χ0) is 6.69. The number of nitrogens with two attached hydrogens (primary N) is 2. The molecule has 1 fully saturated rings. The van der Waals surface area contributed by atoms with Crippen molar-refractivity contribution < 1.29 is 0 Å². The van der Waals surface area contributed by atoms with Gasteiger partial charge in [-0.3, -0.25) is 0 Å². The van der Waals surface area contributed by atoms with E-state index < -0.39 is 0 Å². The first-order chi connectivity index (χ1) is 4.34. The van der Waals surface area contributed by atoms with Crippen molar-refractivity contribution in [3.05, 3.63) is 0 Å². The minimum Gasteiger partial charge on any atom is -0.329 e. The molecule has 2 atom stereocenters. The van der Waals surface area contributed by atoms with Crippen molar-refractivity contribution in [3.8, 4) is 0 Å². The van der Waals surface area contributed by atoms with Crippen LogP contribution < -0.4 is 16.8 Å². The average Bonchev–Trinajstić information content (AvgIpc) is 2.37. The number of hydrogen-bond donors (Lipinski definition) is 3. The zero-order valence-corrected chi connectivity index (χ0v) is 5.64. The summed E-state index contributed by atoms with van der Waals surface area (Å²) in [6.45, 7) is 1.70. The van der Waals surface area contributed by atoms with Crippen LogP contribution in [0.25, 0.3) is 0 Å². The Hall–Kier alpha value is -0.120. The SMILES string of the molecule is NCC(N)C1CCCN1. The molecular weight excluding hydrogens is 114 g/mol. The molecule has 1 heterocycles. The van der Waals surface area contributed by atoms with Crippen LogP contribution in [0, 0.1) is 0 Å². The molecule has 0 amide bonds. The highest BCUT2D eigenvalue weighted by molar-refractivity contribution is 4.84. The third kappa shape index (κ3) is 1.64. The Morgan fingerprint density at radius 1 is 1.67 bits per heavy atom. The van der Waals surface area contributed by atoms with Crippen molar-refractivity contribution in [2.75, 3.05) is 13.1 Å². The number of rotatable bonds is 2. The molecule has 1 rings (SSSR count). The van der Waals surface area contributed by atoms with Crippen molar-refractivity contribution in [1.29, 1.82) is 0 Å². The highest BCUT2D eigenvalue weighted by atomic mass is 15.0. The predicted octanol–water partition coefficient (Wildman–Crippen LogP) is -0.976. The summed E-state index contributed by atoms with van der Waals surface area (Å²) in [5, 5.41) is 3.30. The van der Waals surface area contributed by atoms with Crippen LogP contribution in [0.1, 0.15) is 12.8 Å². The summed E-state index contributed by atoms with van der Waals surface area (Å²) in [6.07, 6.45) is 2.44. The van der Waals surface area contributed by atoms with Crippen molar-refractivity contribution in [2.24, 2.45) is 11.5 Å². The molecular formula is C6H15N3. The first-order valence-corrected chi connectivity index (χ1v) is 3.53. The lowest BCUT2D eigenvalue weighted by Gasteiger charge is -2.16. The smallest absolute Gasteiger partial charge is 0.0319 e. The molecule has 3 heteroatoms. The van der Waals surface area contributed by atoms with Gasteiger partial charge in [0, 0.05) is 18.6 Å². The highest BCUT2D eigenvalue weighted by Gasteiger charge is 2.19. The molecule has 1 aliphatic heterocycles. The van der Waals surface area contributed by atoms with Gasteiger partial charge in [-0.1, -0.05) is 0 Å². The third-order valence-electron chi connectivity index (χ3n) is 1.89. The summed E-state index contributed by atoms with van der Waals surface area (Å²) in [7, 11) is 0. The van der Waals surface area contributed by atoms with Gasteiger partial charge in [-0.05, 0) is 19.4 Å². The van der Waals surface area contributed by atoms with E-state index in [4.69, 9.17) is 11.5 Å². The molecule has 0 spiro atoms. The Bertz CT molecular complexity index is 78.4. The lowest BCUT2D eigenvalue weighted by Crippen LogP contribution is -2.45. The molecule has 3 nitrogen and oxygen atoms in total. The second-order valence-corrected chi connectivity index (χ2v) is 2.60. The lowest BCUT2D eigenvalue weighted by atomic mass is 10.1. The Labute approximate surface area is 55.8 Å². The number of nitrogens with one attached hydrogen (secondary N) is 1. The molecule has 0 aromatic rings. The highest BCUT2D eigenvalue weighted by Crippen LogP contribution is 2.06. The lowest BCUT2D eigenvalue weighted by molar-refractivity contribution is 0.490. The second kappa shape index (κ2) is 3.15. The van der Waals surface area contributed by atoms with Crippen LogP contribution in [0.5, 0.6) is 0 Å². The molecule has 5 N–H and O–H groups in total. The van der Waals surface area contributed by atoms with E-state index in [1.165, 1.54) is 12.8 Å². The van der Waals surface area contributed by atoms with Gasteiger partial charge < -0.3 is 16.8 Å². The zero-order valence-electron chi connectivity index (χ0n) is 5.64. The topological polar surface area (TPSA) is 64.1 Å². The fourth-order valence-corrected chi connectivity index (χ4v) is 1.24. The first-order valence-electron chi connectivity index (χ1n) is 3.53. The van der Waals surface area contributed by atoms with E-state index in [-0.39, 0.29) is 6.04 Å². The van der Waals surface area contributed by atoms with Gasteiger partial charge in [0.1, 0.15) is 0 Å². The Kier molecular flexibility index (Phi) is 2.45. The minimum atomic E-state index is 0.160. The van der Waals surface area contributed by atoms with Crippen LogP contribution in [0.3, 0.4) is 0 Å². The first kappa shape index (κ1) is 6.99. The second-order valence-electron chi connectivity index (χ2n) is 2.60. The number of hydrogen-bond acceptors (Lipinski definition) is 3. The Morgan fingerprint density at radius 2 is 2.44 bits per heavy atom. The molecule has 9 heavy (non-hydrogen) atoms. The molecule has 0 bridgehead atoms. The molecule has 0 aliphatic carbocycles. The Morgan fingerprint density at radius 3 is 2.89 bits per heavy atom. The summed E-state index contributed by atoms with van der Waals surface area (Å²) >= 11 is 0. The van der Waals surface area contributed by atoms with E-state index in [2.05, 4.69) is 5.32 Å². The van der Waals surface area contributed by atoms with Gasteiger partial charge in [0.05, 0.1) is 0 Å². The third-order valence-corrected chi connectivity index (χ3v) is 1.89. The van der Waals surface area contributed by atoms with Crippen molar-refractivity contribution in [2.45, 2.75) is 24.9 Å². The minimum absolute atomic E-state index is 0.160. The quantitative estimate of drug-likeness (QED) is 0.449. The summed E-state index contributed by atoms with van der Waals surface area (Å²) in [5.41, 5.74) is 11.1. The summed E-state index contributed by atoms with van der Waals surface area (Å²) < 4.78 is 0. The van der Waals surface area contributed by atoms with Crippen molar-refractivity contribution in [3.63, 3.8) is 0 Å². The molecule has 0 radical (unpaired) electrons. The van der Waals surface area contributed by atoms with Crippen LogP contribution in [-0.2, 0) is 0 Å². The molecule has 2 unspecified atom stereocenters. The standard InChI is InChI=1S/C6H15N3/c7-4-5(8)6-2-1-3-9-6/h5-6,9H,1-4,7-8H2. The van der Waals surface area contributed by atoms with Crippen LogP contribution in [0.15, 0.2) is 0 Å². The fourth-order valence-electron chi connectivity index (χ4n) is 1.24. The molecule has 0 saturated carbocycles. The van der Waals surface area contributed by atoms with Crippen molar-refractivity contribution in [1.82, 2.24) is 5.32 Å². The van der Waals surface area contributed by atoms with Gasteiger partial charge >= 0.3 is 0 Å². The van der Waals surface area contributed by atoms with Crippen LogP contribution in [0.4, 0.5) is 0 Å². The molecule has 1 aliphatic rings. The van der Waals surface area contributed by atoms with E-state index in [0.29, 0.717) is 12.6 Å². The average molecular weight is 129 g/mol. The van der Waals surface area contributed by atoms with Gasteiger partial charge in [0.2, 0.25) is 0 Å². The molecule has 0 aromatic heterocycles. The fraction of sp³-hybridized carbons (Fsp3) is 1.00. The molecule has 1 saturated heterocycles. The van der Waals surface area contributed by atoms with Crippen LogP contribution in [0.2, 0.25) is 0 Å². The van der Waals surface area contributed by atoms with Gasteiger partial charge in [-0.15, -0.1) is 0 Å². The molecule has 0 aromatic carbocycles. The summed E-state index contributed by atoms with van der Waals surface area (Å²) in [6, 6.07) is 0.641. The van der Waals surface area contributed by atoms with Gasteiger partial charge in [-0.2, -0.15) is 0 Å². The predicted molar refractivity (Wildman–Crippen MR) is 38.1 cm³/mol. The van der Waals surface area contributed by atoms with E-state index in [1.54, 1.807) is 0 Å². The monoisotopic (exact) mass is 129 g/mol.